The molecule has 1 N–H and O–H groups in total. The van der Waals surface area contributed by atoms with Crippen molar-refractivity contribution in [3.8, 4) is 0 Å². The molecule has 0 saturated heterocycles. The third-order valence-corrected chi connectivity index (χ3v) is 2.11. The highest BCUT2D eigenvalue weighted by Crippen LogP contribution is 2.10. The molecule has 0 heterocycles. The number of nitrogens with zero attached hydrogens (tertiary/aromatic N) is 1. The minimum atomic E-state index is -1.77. The average molecular weight is 185 g/mol. The number of anilines is 1. The number of para-hydroxylation sites is 1. The largest absolute Gasteiger partial charge is 0.361 e. The summed E-state index contributed by atoms with van der Waals surface area (Å²) in [6.45, 7) is 0. The van der Waals surface area contributed by atoms with Gasteiger partial charge in [-0.25, -0.2) is 4.21 Å². The molecule has 3 nitrogen and oxygen atoms in total. The fourth-order valence-electron chi connectivity index (χ4n) is 0.923. The molecule has 66 valence electrons. The molecule has 0 aliphatic rings. The van der Waals surface area contributed by atoms with E-state index in [0.29, 0.717) is 0 Å². The lowest BCUT2D eigenvalue weighted by molar-refractivity contribution is 0.563. The predicted molar refractivity (Wildman–Crippen MR) is 50.5 cm³/mol. The van der Waals surface area contributed by atoms with Crippen molar-refractivity contribution in [1.82, 2.24) is 0 Å². The summed E-state index contributed by atoms with van der Waals surface area (Å²) in [7, 11) is 1.78. The van der Waals surface area contributed by atoms with Crippen molar-refractivity contribution in [2.75, 3.05) is 17.8 Å². The minimum absolute atomic E-state index is 0.143. The summed E-state index contributed by atoms with van der Waals surface area (Å²) in [5, 5.41) is 0. The third-order valence-electron chi connectivity index (χ3n) is 1.50. The van der Waals surface area contributed by atoms with E-state index in [0.717, 1.165) is 5.69 Å². The highest BCUT2D eigenvalue weighted by molar-refractivity contribution is 7.79. The van der Waals surface area contributed by atoms with Crippen molar-refractivity contribution in [2.24, 2.45) is 0 Å². The van der Waals surface area contributed by atoms with E-state index in [4.69, 9.17) is 4.55 Å². The van der Waals surface area contributed by atoms with Gasteiger partial charge >= 0.3 is 0 Å². The lowest BCUT2D eigenvalue weighted by Crippen LogP contribution is -2.21. The Morgan fingerprint density at radius 2 is 2.00 bits per heavy atom. The van der Waals surface area contributed by atoms with Gasteiger partial charge in [-0.3, -0.25) is 0 Å². The molecule has 0 bridgehead atoms. The number of hydrogen-bond donors (Lipinski definition) is 1. The fraction of sp³-hybridized carbons (Fsp3) is 0.250. The molecule has 1 atom stereocenters. The van der Waals surface area contributed by atoms with Crippen molar-refractivity contribution in [3.05, 3.63) is 30.3 Å². The maximum Gasteiger partial charge on any atom is 0.173 e. The van der Waals surface area contributed by atoms with E-state index >= 15 is 0 Å². The number of benzene rings is 1. The summed E-state index contributed by atoms with van der Waals surface area (Å²) < 4.78 is 19.1. The maximum atomic E-state index is 10.5. The summed E-state index contributed by atoms with van der Waals surface area (Å²) in [6.07, 6.45) is 0. The molecular formula is C8H11NO2S. The Balaban J connectivity index is 2.65. The SMILES string of the molecule is CN(CS(=O)O)c1ccccc1. The monoisotopic (exact) mass is 185 g/mol. The maximum absolute atomic E-state index is 10.5. The van der Waals surface area contributed by atoms with Gasteiger partial charge in [0.05, 0.1) is 0 Å². The first-order chi connectivity index (χ1) is 5.70. The fourth-order valence-corrected chi connectivity index (χ4v) is 1.40. The summed E-state index contributed by atoms with van der Waals surface area (Å²) in [5.41, 5.74) is 0.944. The van der Waals surface area contributed by atoms with Crippen LogP contribution in [0.4, 0.5) is 5.69 Å². The molecule has 1 unspecified atom stereocenters. The van der Waals surface area contributed by atoms with Crippen LogP contribution < -0.4 is 4.90 Å². The van der Waals surface area contributed by atoms with Crippen LogP contribution in [0.25, 0.3) is 0 Å². The van der Waals surface area contributed by atoms with Crippen LogP contribution in [-0.4, -0.2) is 21.7 Å². The molecular weight excluding hydrogens is 174 g/mol. The number of rotatable bonds is 3. The molecule has 0 aromatic heterocycles. The molecule has 12 heavy (non-hydrogen) atoms. The Kier molecular flexibility index (Phi) is 3.25. The molecule has 4 heteroatoms. The second-order valence-corrected chi connectivity index (χ2v) is 3.39. The van der Waals surface area contributed by atoms with E-state index in [-0.39, 0.29) is 5.88 Å². The van der Waals surface area contributed by atoms with E-state index in [1.165, 1.54) is 0 Å². The summed E-state index contributed by atoms with van der Waals surface area (Å²) in [4.78, 5) is 1.73. The van der Waals surface area contributed by atoms with Crippen molar-refractivity contribution < 1.29 is 8.76 Å². The van der Waals surface area contributed by atoms with Crippen LogP contribution >= 0.6 is 0 Å². The first kappa shape index (κ1) is 9.22. The van der Waals surface area contributed by atoms with Gasteiger partial charge in [0, 0.05) is 12.7 Å². The van der Waals surface area contributed by atoms with Crippen LogP contribution in [0.15, 0.2) is 30.3 Å². The first-order valence-electron chi connectivity index (χ1n) is 3.54. The quantitative estimate of drug-likeness (QED) is 0.722. The van der Waals surface area contributed by atoms with Crippen molar-refractivity contribution in [2.45, 2.75) is 0 Å². The highest BCUT2D eigenvalue weighted by atomic mass is 32.2. The minimum Gasteiger partial charge on any atom is -0.361 e. The van der Waals surface area contributed by atoms with Crippen LogP contribution in [0.3, 0.4) is 0 Å². The van der Waals surface area contributed by atoms with Crippen molar-refractivity contribution >= 4 is 16.8 Å². The Bertz CT molecular complexity index is 263. The van der Waals surface area contributed by atoms with Gasteiger partial charge in [0.1, 0.15) is 5.88 Å². The predicted octanol–water partition coefficient (Wildman–Crippen LogP) is 1.30. The smallest absolute Gasteiger partial charge is 0.173 e. The second kappa shape index (κ2) is 4.23. The van der Waals surface area contributed by atoms with Crippen LogP contribution in [0.5, 0.6) is 0 Å². The average Bonchev–Trinajstić information content (AvgIpc) is 2.05. The van der Waals surface area contributed by atoms with Crippen LogP contribution in [0.1, 0.15) is 0 Å². The Labute approximate surface area is 74.3 Å². The lowest BCUT2D eigenvalue weighted by Gasteiger charge is -2.16. The first-order valence-corrected chi connectivity index (χ1v) is 4.81. The Hall–Kier alpha value is -0.870. The number of hydrogen-bond acceptors (Lipinski definition) is 2. The van der Waals surface area contributed by atoms with Gasteiger partial charge in [-0.15, -0.1) is 0 Å². The zero-order chi connectivity index (χ0) is 8.97. The molecule has 0 spiro atoms. The van der Waals surface area contributed by atoms with Crippen LogP contribution in [0.2, 0.25) is 0 Å². The molecule has 0 fully saturated rings. The topological polar surface area (TPSA) is 40.5 Å². The molecule has 0 aliphatic carbocycles. The molecule has 0 amide bonds. The highest BCUT2D eigenvalue weighted by Gasteiger charge is 2.01. The van der Waals surface area contributed by atoms with Crippen molar-refractivity contribution in [3.63, 3.8) is 0 Å². The van der Waals surface area contributed by atoms with E-state index in [1.807, 2.05) is 30.3 Å². The van der Waals surface area contributed by atoms with Crippen LogP contribution in [-0.2, 0) is 11.1 Å². The van der Waals surface area contributed by atoms with Gasteiger partial charge in [0.25, 0.3) is 0 Å². The van der Waals surface area contributed by atoms with E-state index < -0.39 is 11.1 Å². The summed E-state index contributed by atoms with van der Waals surface area (Å²) in [5.74, 6) is 0.143. The molecule has 1 rings (SSSR count). The zero-order valence-electron chi connectivity index (χ0n) is 6.80. The van der Waals surface area contributed by atoms with Gasteiger partial charge in [-0.05, 0) is 12.1 Å². The van der Waals surface area contributed by atoms with Crippen molar-refractivity contribution in [1.29, 1.82) is 0 Å². The Morgan fingerprint density at radius 1 is 1.42 bits per heavy atom. The van der Waals surface area contributed by atoms with Gasteiger partial charge in [-0.2, -0.15) is 0 Å². The summed E-state index contributed by atoms with van der Waals surface area (Å²) >= 11 is -1.77. The van der Waals surface area contributed by atoms with Gasteiger partial charge in [0.15, 0.2) is 11.1 Å². The Morgan fingerprint density at radius 3 is 2.50 bits per heavy atom. The zero-order valence-corrected chi connectivity index (χ0v) is 7.62. The standard InChI is InChI=1S/C8H11NO2S/c1-9(7-12(10)11)8-5-3-2-4-6-8/h2-6H,7H2,1H3,(H,10,11). The van der Waals surface area contributed by atoms with E-state index in [1.54, 1.807) is 11.9 Å². The van der Waals surface area contributed by atoms with Gasteiger partial charge < -0.3 is 9.45 Å². The molecule has 1 aromatic carbocycles. The molecule has 0 radical (unpaired) electrons. The third kappa shape index (κ3) is 2.64. The lowest BCUT2D eigenvalue weighted by atomic mass is 10.3. The van der Waals surface area contributed by atoms with Crippen LogP contribution in [0, 0.1) is 0 Å². The van der Waals surface area contributed by atoms with Gasteiger partial charge in [0.2, 0.25) is 0 Å². The van der Waals surface area contributed by atoms with E-state index in [2.05, 4.69) is 0 Å². The molecule has 1 aromatic rings. The molecule has 0 aliphatic heterocycles. The summed E-state index contributed by atoms with van der Waals surface area (Å²) in [6, 6.07) is 9.49. The molecule has 0 saturated carbocycles. The van der Waals surface area contributed by atoms with E-state index in [9.17, 15) is 4.21 Å². The normalized spacial score (nSPS) is 12.5. The second-order valence-electron chi connectivity index (χ2n) is 2.48. The van der Waals surface area contributed by atoms with Gasteiger partial charge in [-0.1, -0.05) is 18.2 Å².